The van der Waals surface area contributed by atoms with Crippen LogP contribution in [-0.2, 0) is 10.5 Å². The summed E-state index contributed by atoms with van der Waals surface area (Å²) in [6.45, 7) is -2.91. The minimum absolute atomic E-state index is 0.0114. The standard InChI is InChI=1S/C18H19F2NO3S2/c1-23-16-8-12(6-7-15(16)24-18(19)20)10-26-11-17(22)21-13-4-3-5-14(9-13)25-2/h3-9,18H,10-11H2,1-2H3,(H,21,22). The number of nitrogens with one attached hydrogen (secondary N) is 1. The molecule has 2 aromatic carbocycles. The van der Waals surface area contributed by atoms with Crippen molar-refractivity contribution in [1.29, 1.82) is 0 Å². The summed E-state index contributed by atoms with van der Waals surface area (Å²) in [7, 11) is 1.39. The number of amides is 1. The third-order valence-corrected chi connectivity index (χ3v) is 5.03. The fraction of sp³-hybridized carbons (Fsp3) is 0.278. The van der Waals surface area contributed by atoms with Crippen molar-refractivity contribution in [1.82, 2.24) is 0 Å². The van der Waals surface area contributed by atoms with Crippen LogP contribution in [0.5, 0.6) is 11.5 Å². The van der Waals surface area contributed by atoms with E-state index in [9.17, 15) is 13.6 Å². The number of anilines is 1. The molecule has 0 fully saturated rings. The lowest BCUT2D eigenvalue weighted by Crippen LogP contribution is -2.14. The normalized spacial score (nSPS) is 10.7. The smallest absolute Gasteiger partial charge is 0.387 e. The van der Waals surface area contributed by atoms with E-state index in [-0.39, 0.29) is 23.2 Å². The summed E-state index contributed by atoms with van der Waals surface area (Å²) in [5.74, 6) is 0.951. The van der Waals surface area contributed by atoms with Crippen molar-refractivity contribution in [2.45, 2.75) is 17.3 Å². The fourth-order valence-corrected chi connectivity index (χ4v) is 3.39. The van der Waals surface area contributed by atoms with Crippen LogP contribution in [0.3, 0.4) is 0 Å². The highest BCUT2D eigenvalue weighted by atomic mass is 32.2. The second kappa shape index (κ2) is 10.3. The fourth-order valence-electron chi connectivity index (χ4n) is 2.15. The summed E-state index contributed by atoms with van der Waals surface area (Å²) in [5, 5.41) is 2.86. The lowest BCUT2D eigenvalue weighted by molar-refractivity contribution is -0.113. The second-order valence-corrected chi connectivity index (χ2v) is 7.00. The van der Waals surface area contributed by atoms with Crippen molar-refractivity contribution in [3.05, 3.63) is 48.0 Å². The molecule has 1 N–H and O–H groups in total. The molecule has 0 radical (unpaired) electrons. The number of hydrogen-bond donors (Lipinski definition) is 1. The summed E-state index contributed by atoms with van der Waals surface area (Å²) in [6.07, 6.45) is 1.97. The predicted octanol–water partition coefficient (Wildman–Crippen LogP) is 4.89. The summed E-state index contributed by atoms with van der Waals surface area (Å²) in [6, 6.07) is 12.4. The van der Waals surface area contributed by atoms with Crippen molar-refractivity contribution in [3.8, 4) is 11.5 Å². The van der Waals surface area contributed by atoms with Crippen LogP contribution in [0.25, 0.3) is 0 Å². The number of hydrogen-bond acceptors (Lipinski definition) is 5. The highest BCUT2D eigenvalue weighted by Crippen LogP contribution is 2.30. The summed E-state index contributed by atoms with van der Waals surface area (Å²) in [5.41, 5.74) is 1.61. The van der Waals surface area contributed by atoms with Gasteiger partial charge in [0.1, 0.15) is 0 Å². The van der Waals surface area contributed by atoms with Gasteiger partial charge in [0.2, 0.25) is 5.91 Å². The second-order valence-electron chi connectivity index (χ2n) is 5.14. The molecule has 0 aliphatic carbocycles. The first-order valence-corrected chi connectivity index (χ1v) is 10.0. The maximum absolute atomic E-state index is 12.3. The van der Waals surface area contributed by atoms with Crippen LogP contribution in [0, 0.1) is 0 Å². The molecule has 0 bridgehead atoms. The van der Waals surface area contributed by atoms with Crippen LogP contribution in [0.1, 0.15) is 5.56 Å². The zero-order chi connectivity index (χ0) is 18.9. The number of methoxy groups -OCH3 is 1. The minimum atomic E-state index is -2.91. The van der Waals surface area contributed by atoms with E-state index in [1.165, 1.54) is 24.9 Å². The van der Waals surface area contributed by atoms with Gasteiger partial charge >= 0.3 is 6.61 Å². The summed E-state index contributed by atoms with van der Waals surface area (Å²) in [4.78, 5) is 13.1. The quantitative estimate of drug-likeness (QED) is 0.609. The molecule has 2 aromatic rings. The Morgan fingerprint density at radius 1 is 1.19 bits per heavy atom. The first-order chi connectivity index (χ1) is 12.5. The molecule has 0 aliphatic rings. The number of halogens is 2. The topological polar surface area (TPSA) is 47.6 Å². The molecule has 0 aromatic heterocycles. The first kappa shape index (κ1) is 20.4. The molecule has 0 saturated heterocycles. The van der Waals surface area contributed by atoms with Gasteiger partial charge in [-0.3, -0.25) is 4.79 Å². The molecule has 8 heteroatoms. The van der Waals surface area contributed by atoms with Gasteiger partial charge in [0.15, 0.2) is 11.5 Å². The molecule has 0 heterocycles. The van der Waals surface area contributed by atoms with E-state index in [0.717, 1.165) is 16.1 Å². The Morgan fingerprint density at radius 2 is 2.00 bits per heavy atom. The van der Waals surface area contributed by atoms with E-state index < -0.39 is 6.61 Å². The minimum Gasteiger partial charge on any atom is -0.493 e. The van der Waals surface area contributed by atoms with Crippen LogP contribution in [-0.4, -0.2) is 31.6 Å². The van der Waals surface area contributed by atoms with Gasteiger partial charge in [-0.05, 0) is 42.2 Å². The molecular weight excluding hydrogens is 380 g/mol. The van der Waals surface area contributed by atoms with Gasteiger partial charge in [0.05, 0.1) is 12.9 Å². The van der Waals surface area contributed by atoms with Crippen molar-refractivity contribution < 1.29 is 23.0 Å². The molecule has 0 aliphatic heterocycles. The van der Waals surface area contributed by atoms with Crippen molar-refractivity contribution in [2.24, 2.45) is 0 Å². The lowest BCUT2D eigenvalue weighted by atomic mass is 10.2. The van der Waals surface area contributed by atoms with Crippen LogP contribution in [0.4, 0.5) is 14.5 Å². The molecule has 1 amide bonds. The van der Waals surface area contributed by atoms with Gasteiger partial charge in [-0.25, -0.2) is 0 Å². The van der Waals surface area contributed by atoms with E-state index in [1.54, 1.807) is 23.9 Å². The monoisotopic (exact) mass is 399 g/mol. The van der Waals surface area contributed by atoms with Gasteiger partial charge in [0, 0.05) is 16.3 Å². The number of ether oxygens (including phenoxy) is 2. The largest absolute Gasteiger partial charge is 0.493 e. The van der Waals surface area contributed by atoms with Gasteiger partial charge in [0.25, 0.3) is 0 Å². The Hall–Kier alpha value is -1.93. The van der Waals surface area contributed by atoms with Crippen molar-refractivity contribution in [2.75, 3.05) is 24.4 Å². The summed E-state index contributed by atoms with van der Waals surface area (Å²) >= 11 is 3.03. The van der Waals surface area contributed by atoms with E-state index in [1.807, 2.05) is 30.5 Å². The van der Waals surface area contributed by atoms with Crippen LogP contribution >= 0.6 is 23.5 Å². The molecule has 140 valence electrons. The SMILES string of the molecule is COc1cc(CSCC(=O)Nc2cccc(SC)c2)ccc1OC(F)F. The molecule has 0 spiro atoms. The third kappa shape index (κ3) is 6.42. The Balaban J connectivity index is 1.85. The van der Waals surface area contributed by atoms with Gasteiger partial charge < -0.3 is 14.8 Å². The molecule has 0 saturated carbocycles. The first-order valence-electron chi connectivity index (χ1n) is 7.65. The lowest BCUT2D eigenvalue weighted by Gasteiger charge is -2.11. The number of rotatable bonds is 9. The van der Waals surface area contributed by atoms with Crippen molar-refractivity contribution in [3.63, 3.8) is 0 Å². The molecule has 0 unspecified atom stereocenters. The van der Waals surface area contributed by atoms with Gasteiger partial charge in [-0.15, -0.1) is 23.5 Å². The maximum atomic E-state index is 12.3. The van der Waals surface area contributed by atoms with E-state index in [2.05, 4.69) is 10.1 Å². The average molecular weight is 399 g/mol. The molecule has 2 rings (SSSR count). The number of carbonyl (C=O) groups is 1. The zero-order valence-electron chi connectivity index (χ0n) is 14.3. The predicted molar refractivity (Wildman–Crippen MR) is 103 cm³/mol. The number of benzene rings is 2. The van der Waals surface area contributed by atoms with E-state index >= 15 is 0 Å². The van der Waals surface area contributed by atoms with E-state index in [4.69, 9.17) is 4.74 Å². The Kier molecular flexibility index (Phi) is 8.06. The van der Waals surface area contributed by atoms with Crippen LogP contribution < -0.4 is 14.8 Å². The average Bonchev–Trinajstić information content (AvgIpc) is 2.62. The highest BCUT2D eigenvalue weighted by Gasteiger charge is 2.11. The Morgan fingerprint density at radius 3 is 2.69 bits per heavy atom. The van der Waals surface area contributed by atoms with Crippen LogP contribution in [0.2, 0.25) is 0 Å². The molecule has 26 heavy (non-hydrogen) atoms. The highest BCUT2D eigenvalue weighted by molar-refractivity contribution is 7.99. The molecule has 0 atom stereocenters. The molecular formula is C18H19F2NO3S2. The van der Waals surface area contributed by atoms with E-state index in [0.29, 0.717) is 5.75 Å². The van der Waals surface area contributed by atoms with Gasteiger partial charge in [-0.2, -0.15) is 8.78 Å². The Labute approximate surface area is 159 Å². The number of alkyl halides is 2. The molecule has 4 nitrogen and oxygen atoms in total. The summed E-state index contributed by atoms with van der Waals surface area (Å²) < 4.78 is 34.1. The number of carbonyl (C=O) groups excluding carboxylic acids is 1. The maximum Gasteiger partial charge on any atom is 0.387 e. The Bertz CT molecular complexity index is 744. The number of thioether (sulfide) groups is 2. The van der Waals surface area contributed by atoms with Crippen molar-refractivity contribution >= 4 is 35.1 Å². The zero-order valence-corrected chi connectivity index (χ0v) is 16.0. The van der Waals surface area contributed by atoms with Crippen LogP contribution in [0.15, 0.2) is 47.4 Å². The van der Waals surface area contributed by atoms with Gasteiger partial charge in [-0.1, -0.05) is 12.1 Å². The third-order valence-electron chi connectivity index (χ3n) is 3.30.